The van der Waals surface area contributed by atoms with Crippen molar-refractivity contribution in [2.75, 3.05) is 11.2 Å². The van der Waals surface area contributed by atoms with Gasteiger partial charge in [0.25, 0.3) is 0 Å². The fourth-order valence-electron chi connectivity index (χ4n) is 0.496. The molecule has 0 saturated heterocycles. The van der Waals surface area contributed by atoms with Gasteiger partial charge in [0.1, 0.15) is 6.33 Å². The molecule has 0 fully saturated rings. The lowest BCUT2D eigenvalue weighted by molar-refractivity contribution is -0.115. The average molecular weight is 192 g/mol. The molecule has 1 aromatic rings. The van der Waals surface area contributed by atoms with Crippen molar-refractivity contribution in [3.63, 3.8) is 0 Å². The molecule has 1 N–H and O–H groups in total. The maximum Gasteiger partial charge on any atom is 0.227 e. The Labute approximate surface area is 72.8 Å². The Morgan fingerprint density at radius 1 is 1.82 bits per heavy atom. The topological polar surface area (TPSA) is 54.9 Å². The smallest absolute Gasteiger partial charge is 0.227 e. The van der Waals surface area contributed by atoms with Crippen LogP contribution < -0.4 is 5.32 Å². The number of anilines is 1. The third kappa shape index (κ3) is 2.81. The van der Waals surface area contributed by atoms with Crippen molar-refractivity contribution < 1.29 is 4.79 Å². The highest BCUT2D eigenvalue weighted by Gasteiger charge is 2.02. The van der Waals surface area contributed by atoms with Gasteiger partial charge in [-0.3, -0.25) is 4.79 Å². The zero-order valence-corrected chi connectivity index (χ0v) is 7.15. The number of nitrogens with zero attached hydrogens (tertiary/aromatic N) is 2. The molecule has 0 radical (unpaired) electrons. The largest absolute Gasteiger partial charge is 0.301 e. The molecule has 4 nitrogen and oxygen atoms in total. The second-order valence-corrected chi connectivity index (χ2v) is 2.89. The van der Waals surface area contributed by atoms with E-state index >= 15 is 0 Å². The van der Waals surface area contributed by atoms with Gasteiger partial charge in [-0.05, 0) is 0 Å². The number of nitrogens with one attached hydrogen (secondary N) is 1. The molecule has 0 unspecified atom stereocenters. The number of halogens is 1. The van der Waals surface area contributed by atoms with E-state index < -0.39 is 0 Å². The number of hydrogen-bond donors (Lipinski definition) is 1. The summed E-state index contributed by atoms with van der Waals surface area (Å²) in [7, 11) is 0. The molecular formula is C5H6ClN3OS. The van der Waals surface area contributed by atoms with E-state index in [0.717, 1.165) is 11.5 Å². The van der Waals surface area contributed by atoms with Crippen LogP contribution in [0.5, 0.6) is 0 Å². The summed E-state index contributed by atoms with van der Waals surface area (Å²) in [6.45, 7) is 0. The van der Waals surface area contributed by atoms with Crippen LogP contribution in [0, 0.1) is 0 Å². The summed E-state index contributed by atoms with van der Waals surface area (Å²) < 4.78 is 3.72. The van der Waals surface area contributed by atoms with Gasteiger partial charge >= 0.3 is 0 Å². The van der Waals surface area contributed by atoms with E-state index in [1.165, 1.54) is 6.33 Å². The summed E-state index contributed by atoms with van der Waals surface area (Å²) >= 11 is 6.48. The van der Waals surface area contributed by atoms with Crippen LogP contribution in [0.4, 0.5) is 5.13 Å². The zero-order valence-electron chi connectivity index (χ0n) is 5.58. The van der Waals surface area contributed by atoms with Crippen LogP contribution in [0.2, 0.25) is 0 Å². The Morgan fingerprint density at radius 3 is 3.18 bits per heavy atom. The number of alkyl halides is 1. The van der Waals surface area contributed by atoms with E-state index in [1.807, 2.05) is 0 Å². The maximum absolute atomic E-state index is 10.9. The van der Waals surface area contributed by atoms with Crippen molar-refractivity contribution in [2.45, 2.75) is 6.42 Å². The Balaban J connectivity index is 2.37. The van der Waals surface area contributed by atoms with Crippen molar-refractivity contribution in [3.05, 3.63) is 6.33 Å². The van der Waals surface area contributed by atoms with Gasteiger partial charge in [-0.1, -0.05) is 0 Å². The Morgan fingerprint density at radius 2 is 2.64 bits per heavy atom. The first-order chi connectivity index (χ1) is 5.33. The summed E-state index contributed by atoms with van der Waals surface area (Å²) in [5.41, 5.74) is 0. The quantitative estimate of drug-likeness (QED) is 0.729. The first-order valence-corrected chi connectivity index (χ1v) is 4.26. The van der Waals surface area contributed by atoms with Gasteiger partial charge in [0.05, 0.1) is 0 Å². The van der Waals surface area contributed by atoms with Crippen LogP contribution in [0.3, 0.4) is 0 Å². The van der Waals surface area contributed by atoms with Gasteiger partial charge < -0.3 is 5.32 Å². The van der Waals surface area contributed by atoms with Crippen molar-refractivity contribution >= 4 is 34.2 Å². The molecular weight excluding hydrogens is 186 g/mol. The van der Waals surface area contributed by atoms with E-state index in [2.05, 4.69) is 14.7 Å². The normalized spacial score (nSPS) is 9.55. The van der Waals surface area contributed by atoms with Crippen LogP contribution in [0.15, 0.2) is 6.33 Å². The molecule has 0 saturated carbocycles. The molecule has 1 aromatic heterocycles. The van der Waals surface area contributed by atoms with Gasteiger partial charge in [0.2, 0.25) is 11.0 Å². The molecule has 1 heterocycles. The monoisotopic (exact) mass is 191 g/mol. The second kappa shape index (κ2) is 4.25. The molecule has 0 aliphatic rings. The van der Waals surface area contributed by atoms with Crippen molar-refractivity contribution in [2.24, 2.45) is 0 Å². The number of carbonyl (C=O) groups is 1. The molecule has 1 rings (SSSR count). The van der Waals surface area contributed by atoms with Crippen molar-refractivity contribution in [3.8, 4) is 0 Å². The first kappa shape index (κ1) is 8.42. The standard InChI is InChI=1S/C5H6ClN3OS/c6-2-1-4(10)9-5-7-3-8-11-5/h3H,1-2H2,(H,7,8,9,10). The van der Waals surface area contributed by atoms with Crippen LogP contribution in [0.1, 0.15) is 6.42 Å². The summed E-state index contributed by atoms with van der Waals surface area (Å²) in [6.07, 6.45) is 1.70. The Bertz CT molecular complexity index is 226. The van der Waals surface area contributed by atoms with E-state index in [-0.39, 0.29) is 5.91 Å². The number of hydrogen-bond acceptors (Lipinski definition) is 4. The number of amides is 1. The SMILES string of the molecule is O=C(CCCl)Nc1ncns1. The fraction of sp³-hybridized carbons (Fsp3) is 0.400. The zero-order chi connectivity index (χ0) is 8.10. The maximum atomic E-state index is 10.9. The van der Waals surface area contributed by atoms with E-state index in [1.54, 1.807) is 0 Å². The summed E-state index contributed by atoms with van der Waals surface area (Å²) in [5, 5.41) is 3.06. The minimum atomic E-state index is -0.128. The highest BCUT2D eigenvalue weighted by atomic mass is 35.5. The van der Waals surface area contributed by atoms with Crippen molar-refractivity contribution in [1.29, 1.82) is 0 Å². The third-order valence-electron chi connectivity index (χ3n) is 0.929. The predicted octanol–water partition coefficient (Wildman–Crippen LogP) is 1.11. The average Bonchev–Trinajstić information content (AvgIpc) is 2.40. The van der Waals surface area contributed by atoms with Gasteiger partial charge in [-0.25, -0.2) is 4.98 Å². The molecule has 60 valence electrons. The molecule has 0 spiro atoms. The Kier molecular flexibility index (Phi) is 3.25. The number of rotatable bonds is 3. The lowest BCUT2D eigenvalue weighted by Gasteiger charge is -1.95. The minimum Gasteiger partial charge on any atom is -0.301 e. The van der Waals surface area contributed by atoms with Gasteiger partial charge in [0, 0.05) is 23.8 Å². The Hall–Kier alpha value is -0.680. The van der Waals surface area contributed by atoms with E-state index in [4.69, 9.17) is 11.6 Å². The second-order valence-electron chi connectivity index (χ2n) is 1.73. The predicted molar refractivity (Wildman–Crippen MR) is 43.9 cm³/mol. The molecule has 0 atom stereocenters. The number of carbonyl (C=O) groups excluding carboxylic acids is 1. The summed E-state index contributed by atoms with van der Waals surface area (Å²) in [4.78, 5) is 14.6. The van der Waals surface area contributed by atoms with Gasteiger partial charge in [-0.2, -0.15) is 4.37 Å². The molecule has 0 aliphatic heterocycles. The van der Waals surface area contributed by atoms with E-state index in [0.29, 0.717) is 17.4 Å². The minimum absolute atomic E-state index is 0.128. The van der Waals surface area contributed by atoms with Gasteiger partial charge in [-0.15, -0.1) is 11.6 Å². The molecule has 0 bridgehead atoms. The molecule has 0 aliphatic carbocycles. The van der Waals surface area contributed by atoms with E-state index in [9.17, 15) is 4.79 Å². The lowest BCUT2D eigenvalue weighted by atomic mass is 10.5. The van der Waals surface area contributed by atoms with Gasteiger partial charge in [0.15, 0.2) is 0 Å². The van der Waals surface area contributed by atoms with Crippen molar-refractivity contribution in [1.82, 2.24) is 9.36 Å². The lowest BCUT2D eigenvalue weighted by Crippen LogP contribution is -2.11. The summed E-state index contributed by atoms with van der Waals surface area (Å²) in [5.74, 6) is 0.196. The van der Waals surface area contributed by atoms with Crippen LogP contribution in [-0.2, 0) is 4.79 Å². The molecule has 11 heavy (non-hydrogen) atoms. The number of aromatic nitrogens is 2. The molecule has 1 amide bonds. The molecule has 0 aromatic carbocycles. The fourth-order valence-corrected chi connectivity index (χ4v) is 1.12. The van der Waals surface area contributed by atoms with Crippen LogP contribution in [-0.4, -0.2) is 21.1 Å². The summed E-state index contributed by atoms with van der Waals surface area (Å²) in [6, 6.07) is 0. The highest BCUT2D eigenvalue weighted by molar-refractivity contribution is 7.09. The van der Waals surface area contributed by atoms with Crippen LogP contribution in [0.25, 0.3) is 0 Å². The van der Waals surface area contributed by atoms with Crippen LogP contribution >= 0.6 is 23.1 Å². The third-order valence-corrected chi connectivity index (χ3v) is 1.70. The first-order valence-electron chi connectivity index (χ1n) is 2.95. The molecule has 6 heteroatoms. The highest BCUT2D eigenvalue weighted by Crippen LogP contribution is 2.06.